The molecule has 0 aromatic heterocycles. The minimum Gasteiger partial charge on any atom is -0.491 e. The predicted molar refractivity (Wildman–Crippen MR) is 100 cm³/mol. The highest BCUT2D eigenvalue weighted by Crippen LogP contribution is 2.34. The molecule has 0 aliphatic heterocycles. The molecule has 1 unspecified atom stereocenters. The first kappa shape index (κ1) is 19.7. The summed E-state index contributed by atoms with van der Waals surface area (Å²) in [5.41, 5.74) is 0.569. The van der Waals surface area contributed by atoms with Crippen molar-refractivity contribution >= 4 is 21.2 Å². The van der Waals surface area contributed by atoms with E-state index in [2.05, 4.69) is 5.32 Å². The smallest absolute Gasteiger partial charge is 0.310 e. The van der Waals surface area contributed by atoms with Crippen molar-refractivity contribution in [2.24, 2.45) is 0 Å². The summed E-state index contributed by atoms with van der Waals surface area (Å²) in [6.07, 6.45) is 0.982. The molecule has 0 heterocycles. The van der Waals surface area contributed by atoms with E-state index in [-0.39, 0.29) is 22.7 Å². The molecule has 26 heavy (non-hydrogen) atoms. The van der Waals surface area contributed by atoms with Crippen LogP contribution in [-0.2, 0) is 9.84 Å². The lowest BCUT2D eigenvalue weighted by Crippen LogP contribution is -2.11. The van der Waals surface area contributed by atoms with Gasteiger partial charge in [-0.3, -0.25) is 10.1 Å². The van der Waals surface area contributed by atoms with Crippen LogP contribution in [0.15, 0.2) is 47.4 Å². The molecule has 1 N–H and O–H groups in total. The number of nitro groups is 1. The predicted octanol–water partition coefficient (Wildman–Crippen LogP) is 3.96. The molecular formula is C18H22N2O5S. The number of benzene rings is 2. The van der Waals surface area contributed by atoms with E-state index in [0.29, 0.717) is 5.75 Å². The average molecular weight is 378 g/mol. The Bertz CT molecular complexity index is 910. The fraction of sp³-hybridized carbons (Fsp3) is 0.333. The summed E-state index contributed by atoms with van der Waals surface area (Å²) in [5, 5.41) is 14.5. The zero-order chi connectivity index (χ0) is 19.5. The van der Waals surface area contributed by atoms with E-state index in [1.165, 1.54) is 18.2 Å². The zero-order valence-corrected chi connectivity index (χ0v) is 15.9. The third kappa shape index (κ3) is 4.72. The molecule has 0 spiro atoms. The van der Waals surface area contributed by atoms with Gasteiger partial charge in [0.15, 0.2) is 9.84 Å². The molecule has 0 fully saturated rings. The van der Waals surface area contributed by atoms with Crippen LogP contribution in [0.5, 0.6) is 5.75 Å². The van der Waals surface area contributed by atoms with E-state index in [0.717, 1.165) is 11.8 Å². The quantitative estimate of drug-likeness (QED) is 0.578. The van der Waals surface area contributed by atoms with Gasteiger partial charge >= 0.3 is 5.69 Å². The van der Waals surface area contributed by atoms with Crippen LogP contribution in [-0.4, -0.2) is 25.7 Å². The van der Waals surface area contributed by atoms with E-state index in [1.807, 2.05) is 45.0 Å². The van der Waals surface area contributed by atoms with Crippen LogP contribution in [0.3, 0.4) is 0 Å². The molecule has 0 saturated carbocycles. The molecule has 0 saturated heterocycles. The lowest BCUT2D eigenvalue weighted by molar-refractivity contribution is -0.386. The van der Waals surface area contributed by atoms with Crippen LogP contribution in [0, 0.1) is 10.1 Å². The molecular weight excluding hydrogens is 356 g/mol. The van der Waals surface area contributed by atoms with Gasteiger partial charge < -0.3 is 10.1 Å². The molecule has 8 heteroatoms. The number of rotatable bonds is 7. The number of nitro benzene ring substituents is 1. The summed E-state index contributed by atoms with van der Waals surface area (Å²) in [5.74, 6) is 0.700. The summed E-state index contributed by atoms with van der Waals surface area (Å²) >= 11 is 0. The van der Waals surface area contributed by atoms with E-state index in [9.17, 15) is 18.5 Å². The van der Waals surface area contributed by atoms with Gasteiger partial charge in [-0.15, -0.1) is 0 Å². The van der Waals surface area contributed by atoms with Crippen LogP contribution in [0.1, 0.15) is 32.4 Å². The highest BCUT2D eigenvalue weighted by atomic mass is 32.2. The minimum absolute atomic E-state index is 0.0287. The number of nitrogens with zero attached hydrogens (tertiary/aromatic N) is 1. The van der Waals surface area contributed by atoms with E-state index < -0.39 is 20.4 Å². The summed E-state index contributed by atoms with van der Waals surface area (Å²) in [7, 11) is -3.72. The molecule has 2 aromatic carbocycles. The lowest BCUT2D eigenvalue weighted by Gasteiger charge is -2.18. The highest BCUT2D eigenvalue weighted by molar-refractivity contribution is 7.90. The van der Waals surface area contributed by atoms with Crippen molar-refractivity contribution < 1.29 is 18.1 Å². The Balaban J connectivity index is 2.38. The molecule has 0 aliphatic carbocycles. The number of nitrogens with one attached hydrogen (secondary N) is 1. The van der Waals surface area contributed by atoms with Gasteiger partial charge in [-0.05, 0) is 50.6 Å². The van der Waals surface area contributed by atoms with E-state index in [4.69, 9.17) is 4.74 Å². The zero-order valence-electron chi connectivity index (χ0n) is 15.1. The Labute approximate surface area is 153 Å². The summed E-state index contributed by atoms with van der Waals surface area (Å²) < 4.78 is 29.4. The Hall–Kier alpha value is -2.61. The van der Waals surface area contributed by atoms with Crippen molar-refractivity contribution in [2.75, 3.05) is 11.6 Å². The van der Waals surface area contributed by atoms with E-state index in [1.54, 1.807) is 0 Å². The normalized spacial score (nSPS) is 12.7. The van der Waals surface area contributed by atoms with E-state index >= 15 is 0 Å². The molecule has 0 amide bonds. The molecule has 140 valence electrons. The second kappa shape index (κ2) is 7.74. The fourth-order valence-corrected chi connectivity index (χ4v) is 3.43. The number of hydrogen-bond acceptors (Lipinski definition) is 6. The van der Waals surface area contributed by atoms with Crippen molar-refractivity contribution in [3.8, 4) is 5.75 Å². The monoisotopic (exact) mass is 378 g/mol. The highest BCUT2D eigenvalue weighted by Gasteiger charge is 2.26. The van der Waals surface area contributed by atoms with Gasteiger partial charge in [-0.2, -0.15) is 0 Å². The second-order valence-electron chi connectivity index (χ2n) is 6.29. The maximum absolute atomic E-state index is 11.9. The first-order chi connectivity index (χ1) is 12.1. The average Bonchev–Trinajstić information content (AvgIpc) is 2.53. The summed E-state index contributed by atoms with van der Waals surface area (Å²) in [6, 6.07) is 11.3. The van der Waals surface area contributed by atoms with Crippen molar-refractivity contribution in [3.05, 3.63) is 58.1 Å². The maximum atomic E-state index is 11.9. The van der Waals surface area contributed by atoms with Crippen LogP contribution >= 0.6 is 0 Å². The number of para-hydroxylation sites is 1. The fourth-order valence-electron chi connectivity index (χ4n) is 2.57. The van der Waals surface area contributed by atoms with Crippen LogP contribution < -0.4 is 10.1 Å². The Kier molecular flexibility index (Phi) is 5.86. The molecule has 1 atom stereocenters. The SMILES string of the molecule is CC(C)Oc1cccc(C(C)Nc2cccc(S(C)(=O)=O)c2[N+](=O)[O-])c1. The van der Waals surface area contributed by atoms with Gasteiger partial charge in [0.05, 0.1) is 11.0 Å². The van der Waals surface area contributed by atoms with Crippen molar-refractivity contribution in [1.82, 2.24) is 0 Å². The Morgan fingerprint density at radius 2 is 1.77 bits per heavy atom. The molecule has 0 radical (unpaired) electrons. The first-order valence-electron chi connectivity index (χ1n) is 8.10. The molecule has 2 aromatic rings. The number of sulfone groups is 1. The molecule has 0 bridgehead atoms. The number of anilines is 1. The Morgan fingerprint density at radius 1 is 1.12 bits per heavy atom. The van der Waals surface area contributed by atoms with Gasteiger partial charge in [0, 0.05) is 12.3 Å². The second-order valence-corrected chi connectivity index (χ2v) is 8.27. The van der Waals surface area contributed by atoms with Crippen LogP contribution in [0.2, 0.25) is 0 Å². The maximum Gasteiger partial charge on any atom is 0.310 e. The first-order valence-corrected chi connectivity index (χ1v) is 9.99. The lowest BCUT2D eigenvalue weighted by atomic mass is 10.1. The summed E-state index contributed by atoms with van der Waals surface area (Å²) in [4.78, 5) is 10.5. The number of ether oxygens (including phenoxy) is 1. The van der Waals surface area contributed by atoms with Crippen molar-refractivity contribution in [1.29, 1.82) is 0 Å². The van der Waals surface area contributed by atoms with Crippen LogP contribution in [0.25, 0.3) is 0 Å². The molecule has 0 aliphatic rings. The van der Waals surface area contributed by atoms with Gasteiger partial charge in [0.1, 0.15) is 16.3 Å². The third-order valence-electron chi connectivity index (χ3n) is 3.68. The van der Waals surface area contributed by atoms with Crippen molar-refractivity contribution in [3.63, 3.8) is 0 Å². The molecule has 2 rings (SSSR count). The number of hydrogen-bond donors (Lipinski definition) is 1. The summed E-state index contributed by atoms with van der Waals surface area (Å²) in [6.45, 7) is 5.69. The van der Waals surface area contributed by atoms with Crippen molar-refractivity contribution in [2.45, 2.75) is 37.8 Å². The van der Waals surface area contributed by atoms with Gasteiger partial charge in [-0.1, -0.05) is 18.2 Å². The standard InChI is InChI=1S/C18H22N2O5S/c1-12(2)25-15-8-5-7-14(11-15)13(3)19-16-9-6-10-17(26(4,23)24)18(16)20(21)22/h5-13,19H,1-4H3. The third-order valence-corrected chi connectivity index (χ3v) is 4.81. The van der Waals surface area contributed by atoms with Gasteiger partial charge in [-0.25, -0.2) is 8.42 Å². The van der Waals surface area contributed by atoms with Gasteiger partial charge in [0.25, 0.3) is 0 Å². The van der Waals surface area contributed by atoms with Gasteiger partial charge in [0.2, 0.25) is 0 Å². The molecule has 7 nitrogen and oxygen atoms in total. The topological polar surface area (TPSA) is 98.5 Å². The minimum atomic E-state index is -3.72. The van der Waals surface area contributed by atoms with Crippen LogP contribution in [0.4, 0.5) is 11.4 Å². The largest absolute Gasteiger partial charge is 0.491 e. The Morgan fingerprint density at radius 3 is 2.35 bits per heavy atom.